The molecule has 2 atom stereocenters. The highest BCUT2D eigenvalue weighted by atomic mass is 35.5. The van der Waals surface area contributed by atoms with Crippen molar-refractivity contribution >= 4 is 17.4 Å². The van der Waals surface area contributed by atoms with Crippen LogP contribution < -0.4 is 0 Å². The van der Waals surface area contributed by atoms with Gasteiger partial charge in [-0.1, -0.05) is 24.9 Å². The van der Waals surface area contributed by atoms with E-state index in [4.69, 9.17) is 11.6 Å². The molecule has 0 aromatic heterocycles. The van der Waals surface area contributed by atoms with Gasteiger partial charge in [-0.15, -0.1) is 0 Å². The Morgan fingerprint density at radius 2 is 1.94 bits per heavy atom. The number of halogens is 1. The van der Waals surface area contributed by atoms with Crippen LogP contribution in [-0.4, -0.2) is 5.78 Å². The molecule has 92 valence electrons. The summed E-state index contributed by atoms with van der Waals surface area (Å²) in [7, 11) is 0. The number of rotatable bonds is 2. The van der Waals surface area contributed by atoms with Gasteiger partial charge >= 0.3 is 0 Å². The van der Waals surface area contributed by atoms with Crippen molar-refractivity contribution in [3.63, 3.8) is 0 Å². The molecule has 0 N–H and O–H groups in total. The molecule has 0 radical (unpaired) electrons. The molecule has 1 aliphatic rings. The molecule has 1 fully saturated rings. The third-order valence-corrected chi connectivity index (χ3v) is 4.38. The van der Waals surface area contributed by atoms with Gasteiger partial charge in [-0.25, -0.2) is 0 Å². The topological polar surface area (TPSA) is 17.1 Å². The fraction of sp³-hybridized carbons (Fsp3) is 0.533. The largest absolute Gasteiger partial charge is 0.294 e. The van der Waals surface area contributed by atoms with Crippen LogP contribution in [0.5, 0.6) is 0 Å². The van der Waals surface area contributed by atoms with Gasteiger partial charge in [0, 0.05) is 16.5 Å². The van der Waals surface area contributed by atoms with Crippen LogP contribution in [0.3, 0.4) is 0 Å². The number of aryl methyl sites for hydroxylation is 2. The third-order valence-electron chi connectivity index (χ3n) is 3.97. The summed E-state index contributed by atoms with van der Waals surface area (Å²) in [6, 6.07) is 3.86. The summed E-state index contributed by atoms with van der Waals surface area (Å²) in [6.45, 7) is 6.11. The maximum Gasteiger partial charge on any atom is 0.166 e. The first-order chi connectivity index (χ1) is 8.00. The molecule has 2 unspecified atom stereocenters. The zero-order valence-corrected chi connectivity index (χ0v) is 11.5. The molecule has 1 aromatic rings. The maximum atomic E-state index is 12.5. The lowest BCUT2D eigenvalue weighted by atomic mass is 9.87. The minimum atomic E-state index is 0.217. The Hall–Kier alpha value is -0.820. The van der Waals surface area contributed by atoms with Crippen LogP contribution in [0.2, 0.25) is 5.02 Å². The Morgan fingerprint density at radius 1 is 1.24 bits per heavy atom. The van der Waals surface area contributed by atoms with Crippen molar-refractivity contribution < 1.29 is 4.79 Å². The predicted octanol–water partition coefficient (Wildman–Crippen LogP) is 4.58. The van der Waals surface area contributed by atoms with Gasteiger partial charge in [0.2, 0.25) is 0 Å². The summed E-state index contributed by atoms with van der Waals surface area (Å²) < 4.78 is 0. The van der Waals surface area contributed by atoms with E-state index in [0.29, 0.717) is 11.7 Å². The van der Waals surface area contributed by atoms with Gasteiger partial charge in [0.1, 0.15) is 0 Å². The summed E-state index contributed by atoms with van der Waals surface area (Å²) in [5.41, 5.74) is 2.86. The van der Waals surface area contributed by atoms with Crippen LogP contribution >= 0.6 is 11.6 Å². The van der Waals surface area contributed by atoms with Crippen LogP contribution in [-0.2, 0) is 0 Å². The second-order valence-corrected chi connectivity index (χ2v) is 5.70. The molecule has 1 saturated carbocycles. The Balaban J connectivity index is 2.34. The van der Waals surface area contributed by atoms with E-state index < -0.39 is 0 Å². The van der Waals surface area contributed by atoms with E-state index in [9.17, 15) is 4.79 Å². The van der Waals surface area contributed by atoms with Crippen molar-refractivity contribution in [2.75, 3.05) is 0 Å². The number of hydrogen-bond donors (Lipinski definition) is 0. The van der Waals surface area contributed by atoms with E-state index in [0.717, 1.165) is 28.1 Å². The van der Waals surface area contributed by atoms with Gasteiger partial charge in [-0.3, -0.25) is 4.79 Å². The highest BCUT2D eigenvalue weighted by molar-refractivity contribution is 6.31. The molecular weight excluding hydrogens is 232 g/mol. The Morgan fingerprint density at radius 3 is 2.53 bits per heavy atom. The van der Waals surface area contributed by atoms with Crippen LogP contribution in [0.1, 0.15) is 47.7 Å². The minimum Gasteiger partial charge on any atom is -0.294 e. The fourth-order valence-electron chi connectivity index (χ4n) is 2.78. The number of carbonyl (C=O) groups excluding carboxylic acids is 1. The number of hydrogen-bond acceptors (Lipinski definition) is 1. The maximum absolute atomic E-state index is 12.5. The number of carbonyl (C=O) groups is 1. The van der Waals surface area contributed by atoms with Crippen LogP contribution in [0.25, 0.3) is 0 Å². The average Bonchev–Trinajstić information content (AvgIpc) is 2.69. The first kappa shape index (κ1) is 12.6. The first-order valence-electron chi connectivity index (χ1n) is 6.31. The van der Waals surface area contributed by atoms with Gasteiger partial charge in [-0.05, 0) is 55.9 Å². The smallest absolute Gasteiger partial charge is 0.166 e. The lowest BCUT2D eigenvalue weighted by Crippen LogP contribution is -2.18. The zero-order valence-electron chi connectivity index (χ0n) is 10.7. The van der Waals surface area contributed by atoms with E-state index in [2.05, 4.69) is 6.92 Å². The van der Waals surface area contributed by atoms with Crippen molar-refractivity contribution in [1.82, 2.24) is 0 Å². The van der Waals surface area contributed by atoms with Crippen molar-refractivity contribution in [1.29, 1.82) is 0 Å². The van der Waals surface area contributed by atoms with Gasteiger partial charge in [0.05, 0.1) is 0 Å². The Bertz CT molecular complexity index is 450. The fourth-order valence-corrected chi connectivity index (χ4v) is 3.00. The zero-order chi connectivity index (χ0) is 12.6. The Kier molecular flexibility index (Phi) is 3.58. The van der Waals surface area contributed by atoms with E-state index in [1.54, 1.807) is 0 Å². The standard InChI is InChI=1S/C15H19ClO/c1-9-5-4-6-12(9)15(17)13-7-11(3)14(16)8-10(13)2/h7-9,12H,4-6H2,1-3H3. The SMILES string of the molecule is Cc1cc(C(=O)C2CCCC2C)c(C)cc1Cl. The normalized spacial score (nSPS) is 24.0. The predicted molar refractivity (Wildman–Crippen MR) is 71.8 cm³/mol. The van der Waals surface area contributed by atoms with E-state index >= 15 is 0 Å². The van der Waals surface area contributed by atoms with E-state index in [1.807, 2.05) is 26.0 Å². The number of benzene rings is 1. The molecule has 1 aromatic carbocycles. The summed E-state index contributed by atoms with van der Waals surface area (Å²) >= 11 is 6.07. The van der Waals surface area contributed by atoms with Crippen molar-refractivity contribution in [2.24, 2.45) is 11.8 Å². The highest BCUT2D eigenvalue weighted by Gasteiger charge is 2.31. The molecule has 2 rings (SSSR count). The molecule has 17 heavy (non-hydrogen) atoms. The molecule has 0 bridgehead atoms. The first-order valence-corrected chi connectivity index (χ1v) is 6.69. The molecule has 2 heteroatoms. The van der Waals surface area contributed by atoms with Crippen LogP contribution in [0.4, 0.5) is 0 Å². The summed E-state index contributed by atoms with van der Waals surface area (Å²) in [5, 5.41) is 0.749. The van der Waals surface area contributed by atoms with E-state index in [1.165, 1.54) is 12.8 Å². The van der Waals surface area contributed by atoms with Gasteiger partial charge < -0.3 is 0 Å². The quantitative estimate of drug-likeness (QED) is 0.703. The lowest BCUT2D eigenvalue weighted by molar-refractivity contribution is 0.0896. The summed E-state index contributed by atoms with van der Waals surface area (Å²) in [6.07, 6.45) is 3.41. The molecule has 1 nitrogen and oxygen atoms in total. The highest BCUT2D eigenvalue weighted by Crippen LogP contribution is 2.35. The Labute approximate surface area is 108 Å². The number of ketones is 1. The monoisotopic (exact) mass is 250 g/mol. The molecule has 0 amide bonds. The van der Waals surface area contributed by atoms with Crippen LogP contribution in [0.15, 0.2) is 12.1 Å². The minimum absolute atomic E-state index is 0.217. The molecule has 0 heterocycles. The van der Waals surface area contributed by atoms with E-state index in [-0.39, 0.29) is 5.92 Å². The summed E-state index contributed by atoms with van der Waals surface area (Å²) in [4.78, 5) is 12.5. The number of Topliss-reactive ketones (excluding diaryl/α,β-unsaturated/α-hetero) is 1. The van der Waals surface area contributed by atoms with Crippen LogP contribution in [0, 0.1) is 25.7 Å². The average molecular weight is 251 g/mol. The molecule has 0 spiro atoms. The van der Waals surface area contributed by atoms with Gasteiger partial charge in [0.15, 0.2) is 5.78 Å². The molecular formula is C15H19ClO. The summed E-state index contributed by atoms with van der Waals surface area (Å²) in [5.74, 6) is 1.06. The van der Waals surface area contributed by atoms with Gasteiger partial charge in [-0.2, -0.15) is 0 Å². The molecule has 0 aliphatic heterocycles. The van der Waals surface area contributed by atoms with Gasteiger partial charge in [0.25, 0.3) is 0 Å². The second kappa shape index (κ2) is 4.81. The molecule has 0 saturated heterocycles. The third kappa shape index (κ3) is 2.40. The van der Waals surface area contributed by atoms with Crippen molar-refractivity contribution in [2.45, 2.75) is 40.0 Å². The van der Waals surface area contributed by atoms with Crippen molar-refractivity contribution in [3.8, 4) is 0 Å². The molecule has 1 aliphatic carbocycles. The lowest BCUT2D eigenvalue weighted by Gasteiger charge is -2.16. The van der Waals surface area contributed by atoms with Crippen molar-refractivity contribution in [3.05, 3.63) is 33.8 Å². The second-order valence-electron chi connectivity index (χ2n) is 5.30.